The van der Waals surface area contributed by atoms with Crippen molar-refractivity contribution in [2.45, 2.75) is 45.8 Å². The molecule has 0 atom stereocenters. The Bertz CT molecular complexity index is 460. The first-order valence-corrected chi connectivity index (χ1v) is 7.28. The van der Waals surface area contributed by atoms with E-state index in [0.717, 1.165) is 17.8 Å². The summed E-state index contributed by atoms with van der Waals surface area (Å²) in [7, 11) is 0. The number of ether oxygens (including phenoxy) is 1. The molecule has 1 fully saturated rings. The molecule has 0 amide bonds. The first-order valence-electron chi connectivity index (χ1n) is 7.28. The lowest BCUT2D eigenvalue weighted by Crippen LogP contribution is -2.53. The van der Waals surface area contributed by atoms with Gasteiger partial charge in [0.05, 0.1) is 18.8 Å². The molecule has 0 spiro atoms. The Balaban J connectivity index is 2.32. The molecule has 0 unspecified atom stereocenters. The summed E-state index contributed by atoms with van der Waals surface area (Å²) in [6.07, 6.45) is 0. The van der Waals surface area contributed by atoms with Crippen molar-refractivity contribution in [3.05, 3.63) is 29.6 Å². The van der Waals surface area contributed by atoms with E-state index in [2.05, 4.69) is 37.9 Å². The van der Waals surface area contributed by atoms with Crippen LogP contribution in [0.25, 0.3) is 0 Å². The number of hydrogen-bond acceptors (Lipinski definition) is 3. The smallest absolute Gasteiger partial charge is 0.129 e. The Labute approximate surface area is 121 Å². The third-order valence-corrected chi connectivity index (χ3v) is 3.72. The van der Waals surface area contributed by atoms with Crippen molar-refractivity contribution in [2.24, 2.45) is 0 Å². The molecular formula is C16H25FN2O. The van der Waals surface area contributed by atoms with Crippen LogP contribution >= 0.6 is 0 Å². The van der Waals surface area contributed by atoms with Crippen LogP contribution in [0.4, 0.5) is 10.1 Å². The van der Waals surface area contributed by atoms with Gasteiger partial charge in [-0.05, 0) is 26.0 Å². The van der Waals surface area contributed by atoms with E-state index in [1.54, 1.807) is 6.07 Å². The van der Waals surface area contributed by atoms with E-state index < -0.39 is 0 Å². The van der Waals surface area contributed by atoms with Crippen LogP contribution in [0, 0.1) is 5.82 Å². The van der Waals surface area contributed by atoms with Crippen molar-refractivity contribution >= 4 is 5.69 Å². The van der Waals surface area contributed by atoms with Gasteiger partial charge in [-0.2, -0.15) is 0 Å². The number of anilines is 1. The summed E-state index contributed by atoms with van der Waals surface area (Å²) >= 11 is 0. The summed E-state index contributed by atoms with van der Waals surface area (Å²) in [6.45, 7) is 11.1. The molecule has 0 radical (unpaired) electrons. The Morgan fingerprint density at radius 2 is 2.15 bits per heavy atom. The van der Waals surface area contributed by atoms with Crippen molar-refractivity contribution in [2.75, 3.05) is 24.7 Å². The Hall–Kier alpha value is -1.13. The molecule has 1 heterocycles. The van der Waals surface area contributed by atoms with Crippen molar-refractivity contribution in [1.29, 1.82) is 0 Å². The largest absolute Gasteiger partial charge is 0.377 e. The van der Waals surface area contributed by atoms with Gasteiger partial charge in [-0.25, -0.2) is 4.39 Å². The van der Waals surface area contributed by atoms with E-state index in [9.17, 15) is 4.39 Å². The van der Waals surface area contributed by atoms with E-state index in [-0.39, 0.29) is 11.4 Å². The number of rotatable bonds is 4. The van der Waals surface area contributed by atoms with Gasteiger partial charge in [0.2, 0.25) is 0 Å². The third-order valence-electron chi connectivity index (χ3n) is 3.72. The van der Waals surface area contributed by atoms with E-state index >= 15 is 0 Å². The van der Waals surface area contributed by atoms with E-state index in [4.69, 9.17) is 4.74 Å². The fraction of sp³-hybridized carbons (Fsp3) is 0.625. The van der Waals surface area contributed by atoms with Crippen LogP contribution < -0.4 is 10.2 Å². The van der Waals surface area contributed by atoms with Gasteiger partial charge in [0.1, 0.15) is 5.82 Å². The number of hydrogen-bond donors (Lipinski definition) is 1. The molecule has 0 aromatic heterocycles. The maximum Gasteiger partial charge on any atom is 0.129 e. The highest BCUT2D eigenvalue weighted by molar-refractivity contribution is 5.56. The van der Waals surface area contributed by atoms with E-state index in [1.807, 2.05) is 6.07 Å². The van der Waals surface area contributed by atoms with Crippen LogP contribution in [0.2, 0.25) is 0 Å². The normalized spacial score (nSPS) is 18.6. The Morgan fingerprint density at radius 3 is 2.80 bits per heavy atom. The topological polar surface area (TPSA) is 24.5 Å². The maximum atomic E-state index is 14.2. The van der Waals surface area contributed by atoms with Crippen LogP contribution in [0.3, 0.4) is 0 Å². The molecular weight excluding hydrogens is 255 g/mol. The Kier molecular flexibility index (Phi) is 4.66. The molecule has 1 N–H and O–H groups in total. The van der Waals surface area contributed by atoms with E-state index in [0.29, 0.717) is 25.8 Å². The maximum absolute atomic E-state index is 14.2. The lowest BCUT2D eigenvalue weighted by molar-refractivity contribution is 0.0642. The second-order valence-corrected chi connectivity index (χ2v) is 6.29. The fourth-order valence-electron chi connectivity index (χ4n) is 2.59. The zero-order valence-electron chi connectivity index (χ0n) is 12.9. The van der Waals surface area contributed by atoms with Crippen LogP contribution in [0.15, 0.2) is 18.2 Å². The lowest BCUT2D eigenvalue weighted by Gasteiger charge is -2.44. The second-order valence-electron chi connectivity index (χ2n) is 6.29. The molecule has 2 rings (SSSR count). The van der Waals surface area contributed by atoms with Gasteiger partial charge in [-0.1, -0.05) is 19.9 Å². The minimum Gasteiger partial charge on any atom is -0.377 e. The highest BCUT2D eigenvalue weighted by Crippen LogP contribution is 2.31. The summed E-state index contributed by atoms with van der Waals surface area (Å²) in [5.41, 5.74) is 1.61. The summed E-state index contributed by atoms with van der Waals surface area (Å²) in [6, 6.07) is 5.66. The van der Waals surface area contributed by atoms with Crippen molar-refractivity contribution < 1.29 is 9.13 Å². The lowest BCUT2D eigenvalue weighted by atomic mass is 9.99. The average molecular weight is 280 g/mol. The molecule has 4 heteroatoms. The standard InChI is InChI=1S/C16H25FN2O/c1-12(2)18-10-13-14(17)6-5-7-15(13)19-8-9-20-11-16(19,3)4/h5-7,12,18H,8-11H2,1-4H3. The monoisotopic (exact) mass is 280 g/mol. The molecule has 1 aromatic carbocycles. The van der Waals surface area contributed by atoms with Crippen LogP contribution in [-0.2, 0) is 11.3 Å². The summed E-state index contributed by atoms with van der Waals surface area (Å²) in [5.74, 6) is -0.141. The minimum absolute atomic E-state index is 0.112. The molecule has 0 aliphatic carbocycles. The van der Waals surface area contributed by atoms with Gasteiger partial charge in [0.15, 0.2) is 0 Å². The van der Waals surface area contributed by atoms with Gasteiger partial charge in [-0.3, -0.25) is 0 Å². The third kappa shape index (κ3) is 3.30. The van der Waals surface area contributed by atoms with Gasteiger partial charge in [0, 0.05) is 30.4 Å². The Morgan fingerprint density at radius 1 is 1.40 bits per heavy atom. The number of morpholine rings is 1. The average Bonchev–Trinajstić information content (AvgIpc) is 2.36. The molecule has 0 saturated carbocycles. The van der Waals surface area contributed by atoms with Crippen LogP contribution in [-0.4, -0.2) is 31.3 Å². The zero-order chi connectivity index (χ0) is 14.8. The summed E-state index contributed by atoms with van der Waals surface area (Å²) in [4.78, 5) is 2.26. The highest BCUT2D eigenvalue weighted by Gasteiger charge is 2.32. The minimum atomic E-state index is -0.141. The molecule has 1 saturated heterocycles. The molecule has 20 heavy (non-hydrogen) atoms. The van der Waals surface area contributed by atoms with Crippen molar-refractivity contribution in [1.82, 2.24) is 5.32 Å². The molecule has 0 bridgehead atoms. The molecule has 112 valence electrons. The van der Waals surface area contributed by atoms with Crippen LogP contribution in [0.5, 0.6) is 0 Å². The van der Waals surface area contributed by atoms with E-state index in [1.165, 1.54) is 6.07 Å². The highest BCUT2D eigenvalue weighted by atomic mass is 19.1. The van der Waals surface area contributed by atoms with Crippen molar-refractivity contribution in [3.63, 3.8) is 0 Å². The predicted octanol–water partition coefficient (Wildman–Crippen LogP) is 2.94. The summed E-state index contributed by atoms with van der Waals surface area (Å²) in [5, 5.41) is 3.31. The zero-order valence-corrected chi connectivity index (χ0v) is 12.9. The van der Waals surface area contributed by atoms with Gasteiger partial charge in [-0.15, -0.1) is 0 Å². The summed E-state index contributed by atoms with van der Waals surface area (Å²) < 4.78 is 19.8. The number of nitrogens with zero attached hydrogens (tertiary/aromatic N) is 1. The van der Waals surface area contributed by atoms with Gasteiger partial charge >= 0.3 is 0 Å². The molecule has 1 aliphatic rings. The molecule has 1 aromatic rings. The van der Waals surface area contributed by atoms with Crippen molar-refractivity contribution in [3.8, 4) is 0 Å². The SMILES string of the molecule is CC(C)NCc1c(F)cccc1N1CCOCC1(C)C. The number of halogens is 1. The number of benzene rings is 1. The quantitative estimate of drug-likeness (QED) is 0.917. The first kappa shape index (κ1) is 15.3. The predicted molar refractivity (Wildman–Crippen MR) is 80.6 cm³/mol. The van der Waals surface area contributed by atoms with Gasteiger partial charge in [0.25, 0.3) is 0 Å². The molecule has 3 nitrogen and oxygen atoms in total. The molecule has 1 aliphatic heterocycles. The fourth-order valence-corrected chi connectivity index (χ4v) is 2.59. The van der Waals surface area contributed by atoms with Crippen LogP contribution in [0.1, 0.15) is 33.3 Å². The van der Waals surface area contributed by atoms with Gasteiger partial charge < -0.3 is 15.0 Å². The first-order chi connectivity index (χ1) is 9.42. The second kappa shape index (κ2) is 6.10. The number of nitrogens with one attached hydrogen (secondary N) is 1.